The third-order valence-corrected chi connectivity index (χ3v) is 4.03. The van der Waals surface area contributed by atoms with E-state index in [1.165, 1.54) is 50.5 Å². The highest BCUT2D eigenvalue weighted by Gasteiger charge is 2.26. The van der Waals surface area contributed by atoms with Crippen LogP contribution in [0.3, 0.4) is 0 Å². The van der Waals surface area contributed by atoms with Gasteiger partial charge in [0.05, 0.1) is 17.6 Å². The van der Waals surface area contributed by atoms with Crippen LogP contribution in [0.5, 0.6) is 0 Å². The smallest absolute Gasteiger partial charge is 0.0862 e. The number of aryl methyl sites for hydroxylation is 1. The molecule has 0 N–H and O–H groups in total. The van der Waals surface area contributed by atoms with Crippen LogP contribution in [0, 0.1) is 0 Å². The number of aromatic nitrogens is 3. The van der Waals surface area contributed by atoms with Crippen molar-refractivity contribution in [1.29, 1.82) is 0 Å². The third-order valence-electron chi connectivity index (χ3n) is 4.03. The van der Waals surface area contributed by atoms with Crippen molar-refractivity contribution in [3.05, 3.63) is 41.7 Å². The fourth-order valence-electron chi connectivity index (χ4n) is 2.54. The lowest BCUT2D eigenvalue weighted by Gasteiger charge is -2.04. The Balaban J connectivity index is 1.59. The van der Waals surface area contributed by atoms with Crippen LogP contribution < -0.4 is 0 Å². The van der Waals surface area contributed by atoms with E-state index in [4.69, 9.17) is 0 Å². The minimum absolute atomic E-state index is 0.668. The summed E-state index contributed by atoms with van der Waals surface area (Å²) in [7, 11) is 0. The summed E-state index contributed by atoms with van der Waals surface area (Å²) in [5.74, 6) is 0.668. The Morgan fingerprint density at radius 2 is 1.90 bits per heavy atom. The highest BCUT2D eigenvalue weighted by Crippen LogP contribution is 2.38. The van der Waals surface area contributed by atoms with Crippen LogP contribution in [-0.4, -0.2) is 15.0 Å². The first-order chi connectivity index (χ1) is 9.86. The van der Waals surface area contributed by atoms with E-state index < -0.39 is 0 Å². The number of nitrogens with zero attached hydrogens (tertiary/aromatic N) is 3. The molecule has 0 spiro atoms. The van der Waals surface area contributed by atoms with Crippen LogP contribution >= 0.6 is 0 Å². The maximum absolute atomic E-state index is 4.26. The lowest BCUT2D eigenvalue weighted by Crippen LogP contribution is -1.95. The normalized spacial score (nSPS) is 14.7. The molecule has 1 fully saturated rings. The fourth-order valence-corrected chi connectivity index (χ4v) is 2.54. The van der Waals surface area contributed by atoms with E-state index in [1.54, 1.807) is 0 Å². The SMILES string of the molecule is CCCCCCc1ccc(-n2cc(C3CC3)nn2)cc1. The zero-order valence-electron chi connectivity index (χ0n) is 12.3. The minimum atomic E-state index is 0.668. The summed E-state index contributed by atoms with van der Waals surface area (Å²) in [5, 5.41) is 8.49. The van der Waals surface area contributed by atoms with E-state index in [1.807, 2.05) is 4.68 Å². The number of rotatable bonds is 7. The van der Waals surface area contributed by atoms with Crippen LogP contribution in [0.15, 0.2) is 30.5 Å². The van der Waals surface area contributed by atoms with Gasteiger partial charge in [-0.05, 0) is 43.4 Å². The summed E-state index contributed by atoms with van der Waals surface area (Å²) in [6.07, 6.45) is 11.1. The van der Waals surface area contributed by atoms with Crippen molar-refractivity contribution in [2.75, 3.05) is 0 Å². The first-order valence-electron chi connectivity index (χ1n) is 7.88. The van der Waals surface area contributed by atoms with Gasteiger partial charge in [-0.15, -0.1) is 5.10 Å². The standard InChI is InChI=1S/C17H23N3/c1-2-3-4-5-6-14-7-11-16(12-8-14)20-13-17(18-19-20)15-9-10-15/h7-8,11-13,15H,2-6,9-10H2,1H3. The lowest BCUT2D eigenvalue weighted by atomic mass is 10.1. The molecule has 1 heterocycles. The molecule has 0 aliphatic heterocycles. The van der Waals surface area contributed by atoms with Gasteiger partial charge in [-0.25, -0.2) is 4.68 Å². The molecule has 0 unspecified atom stereocenters. The molecule has 0 radical (unpaired) electrons. The van der Waals surface area contributed by atoms with Crippen molar-refractivity contribution < 1.29 is 0 Å². The average Bonchev–Trinajstić information content (AvgIpc) is 3.22. The second-order valence-corrected chi connectivity index (χ2v) is 5.84. The molecule has 1 saturated carbocycles. The van der Waals surface area contributed by atoms with Gasteiger partial charge in [0, 0.05) is 5.92 Å². The maximum Gasteiger partial charge on any atom is 0.0862 e. The molecule has 3 nitrogen and oxygen atoms in total. The van der Waals surface area contributed by atoms with E-state index in [9.17, 15) is 0 Å². The Labute approximate surface area is 121 Å². The van der Waals surface area contributed by atoms with Crippen LogP contribution in [0.2, 0.25) is 0 Å². The van der Waals surface area contributed by atoms with Crippen molar-refractivity contribution in [2.45, 2.75) is 57.8 Å². The molecule has 0 saturated heterocycles. The Bertz CT molecular complexity index is 538. The van der Waals surface area contributed by atoms with E-state index in [-0.39, 0.29) is 0 Å². The summed E-state index contributed by atoms with van der Waals surface area (Å²) < 4.78 is 1.90. The lowest BCUT2D eigenvalue weighted by molar-refractivity contribution is 0.666. The molecule has 20 heavy (non-hydrogen) atoms. The molecule has 0 amide bonds. The van der Waals surface area contributed by atoms with Gasteiger partial charge in [0.2, 0.25) is 0 Å². The molecule has 1 aromatic heterocycles. The number of benzene rings is 1. The Kier molecular flexibility index (Phi) is 4.14. The van der Waals surface area contributed by atoms with Crippen LogP contribution in [0.25, 0.3) is 5.69 Å². The Morgan fingerprint density at radius 3 is 2.60 bits per heavy atom. The van der Waals surface area contributed by atoms with Crippen LogP contribution in [0.4, 0.5) is 0 Å². The van der Waals surface area contributed by atoms with Crippen molar-refractivity contribution >= 4 is 0 Å². The highest BCUT2D eigenvalue weighted by atomic mass is 15.4. The van der Waals surface area contributed by atoms with E-state index in [0.717, 1.165) is 11.4 Å². The zero-order valence-corrected chi connectivity index (χ0v) is 12.3. The minimum Gasteiger partial charge on any atom is -0.220 e. The van der Waals surface area contributed by atoms with Gasteiger partial charge in [-0.3, -0.25) is 0 Å². The molecular formula is C17H23N3. The van der Waals surface area contributed by atoms with Gasteiger partial charge in [-0.1, -0.05) is 43.5 Å². The van der Waals surface area contributed by atoms with Gasteiger partial charge >= 0.3 is 0 Å². The highest BCUT2D eigenvalue weighted by molar-refractivity contribution is 5.34. The summed E-state index contributed by atoms with van der Waals surface area (Å²) in [6.45, 7) is 2.25. The quantitative estimate of drug-likeness (QED) is 0.703. The van der Waals surface area contributed by atoms with E-state index in [2.05, 4.69) is 47.7 Å². The van der Waals surface area contributed by atoms with Gasteiger partial charge in [0.25, 0.3) is 0 Å². The third kappa shape index (κ3) is 3.27. The molecular weight excluding hydrogens is 246 g/mol. The van der Waals surface area contributed by atoms with Crippen molar-refractivity contribution in [3.8, 4) is 5.69 Å². The maximum atomic E-state index is 4.26. The monoisotopic (exact) mass is 269 g/mol. The summed E-state index contributed by atoms with van der Waals surface area (Å²) in [5.41, 5.74) is 3.68. The molecule has 1 aliphatic carbocycles. The Morgan fingerprint density at radius 1 is 1.10 bits per heavy atom. The molecule has 3 heteroatoms. The van der Waals surface area contributed by atoms with E-state index >= 15 is 0 Å². The largest absolute Gasteiger partial charge is 0.220 e. The van der Waals surface area contributed by atoms with Crippen LogP contribution in [0.1, 0.15) is 62.6 Å². The average molecular weight is 269 g/mol. The van der Waals surface area contributed by atoms with Gasteiger partial charge in [-0.2, -0.15) is 0 Å². The van der Waals surface area contributed by atoms with Gasteiger partial charge < -0.3 is 0 Å². The molecule has 1 aliphatic rings. The first-order valence-corrected chi connectivity index (χ1v) is 7.88. The number of hydrogen-bond acceptors (Lipinski definition) is 2. The number of unbranched alkanes of at least 4 members (excludes halogenated alkanes) is 3. The second kappa shape index (κ2) is 6.21. The Hall–Kier alpha value is -1.64. The van der Waals surface area contributed by atoms with Crippen molar-refractivity contribution in [1.82, 2.24) is 15.0 Å². The molecule has 2 aromatic rings. The summed E-state index contributed by atoms with van der Waals surface area (Å²) in [6, 6.07) is 8.75. The predicted molar refractivity (Wildman–Crippen MR) is 81.2 cm³/mol. The molecule has 1 aromatic carbocycles. The summed E-state index contributed by atoms with van der Waals surface area (Å²) in [4.78, 5) is 0. The van der Waals surface area contributed by atoms with Gasteiger partial charge in [0.1, 0.15) is 0 Å². The van der Waals surface area contributed by atoms with E-state index in [0.29, 0.717) is 5.92 Å². The molecule has 0 bridgehead atoms. The van der Waals surface area contributed by atoms with Gasteiger partial charge in [0.15, 0.2) is 0 Å². The second-order valence-electron chi connectivity index (χ2n) is 5.84. The van der Waals surface area contributed by atoms with Crippen molar-refractivity contribution in [2.24, 2.45) is 0 Å². The van der Waals surface area contributed by atoms with Crippen LogP contribution in [-0.2, 0) is 6.42 Å². The summed E-state index contributed by atoms with van der Waals surface area (Å²) >= 11 is 0. The number of hydrogen-bond donors (Lipinski definition) is 0. The zero-order chi connectivity index (χ0) is 13.8. The molecule has 0 atom stereocenters. The molecule has 106 valence electrons. The molecule has 3 rings (SSSR count). The predicted octanol–water partition coefficient (Wildman–Crippen LogP) is 4.27. The van der Waals surface area contributed by atoms with Crippen molar-refractivity contribution in [3.63, 3.8) is 0 Å². The fraction of sp³-hybridized carbons (Fsp3) is 0.529. The first kappa shape index (κ1) is 13.3. The topological polar surface area (TPSA) is 30.7 Å².